The fourth-order valence-electron chi connectivity index (χ4n) is 0.236. The number of nitrogens with two attached hydrogens (primary N) is 2. The Labute approximate surface area is 55.7 Å². The van der Waals surface area contributed by atoms with Gasteiger partial charge in [0.25, 0.3) is 0 Å². The maximum Gasteiger partial charge on any atom is 0.309 e. The fourth-order valence-corrected chi connectivity index (χ4v) is 0.236. The molecule has 0 bridgehead atoms. The third-order valence-corrected chi connectivity index (χ3v) is 0.471. The zero-order valence-corrected chi connectivity index (χ0v) is 5.92. The van der Waals surface area contributed by atoms with Gasteiger partial charge in [0.2, 0.25) is 0 Å². The lowest BCUT2D eigenvalue weighted by atomic mass is 10.4. The van der Waals surface area contributed by atoms with Crippen LogP contribution in [0.25, 0.3) is 0 Å². The predicted molar refractivity (Wildman–Crippen MR) is 38.9 cm³/mol. The number of allylic oxidation sites excluding steroid dienone is 2. The van der Waals surface area contributed by atoms with Gasteiger partial charge in [0.1, 0.15) is 0 Å². The summed E-state index contributed by atoms with van der Waals surface area (Å²) < 4.78 is 0. The van der Waals surface area contributed by atoms with Gasteiger partial charge in [-0.15, -0.1) is 0 Å². The number of carbonyl (C=O) groups excluding carboxylic acids is 1. The Morgan fingerprint density at radius 2 is 1.89 bits per heavy atom. The molecular weight excluding hydrogens is 116 g/mol. The molecule has 0 aliphatic heterocycles. The zero-order valence-electron chi connectivity index (χ0n) is 5.92. The van der Waals surface area contributed by atoms with Crippen LogP contribution in [-0.2, 0) is 0 Å². The first-order valence-corrected chi connectivity index (χ1v) is 2.81. The zero-order chi connectivity index (χ0) is 7.70. The van der Waals surface area contributed by atoms with E-state index in [1.54, 1.807) is 0 Å². The molecule has 0 unspecified atom stereocenters. The second-order valence-corrected chi connectivity index (χ2v) is 1.38. The maximum atomic E-state index is 9.00. The van der Waals surface area contributed by atoms with Gasteiger partial charge in [0, 0.05) is 0 Å². The number of amides is 2. The first kappa shape index (κ1) is 10.9. The van der Waals surface area contributed by atoms with E-state index in [9.17, 15) is 0 Å². The Morgan fingerprint density at radius 3 is 1.89 bits per heavy atom. The Kier molecular flexibility index (Phi) is 12.2. The van der Waals surface area contributed by atoms with E-state index in [0.29, 0.717) is 0 Å². The van der Waals surface area contributed by atoms with Gasteiger partial charge >= 0.3 is 6.03 Å². The lowest BCUT2D eigenvalue weighted by molar-refractivity contribution is 0.256. The van der Waals surface area contributed by atoms with Crippen molar-refractivity contribution in [2.24, 2.45) is 11.5 Å². The Morgan fingerprint density at radius 1 is 1.56 bits per heavy atom. The Hall–Kier alpha value is -0.990. The minimum atomic E-state index is -0.833. The highest BCUT2D eigenvalue weighted by Gasteiger charge is 1.60. The first-order valence-electron chi connectivity index (χ1n) is 2.81. The molecule has 54 valence electrons. The van der Waals surface area contributed by atoms with Crippen LogP contribution in [0.5, 0.6) is 0 Å². The van der Waals surface area contributed by atoms with Gasteiger partial charge in [0.05, 0.1) is 0 Å². The Balaban J connectivity index is 0. The van der Waals surface area contributed by atoms with Crippen molar-refractivity contribution >= 4 is 6.03 Å². The smallest absolute Gasteiger partial charge is 0.309 e. The van der Waals surface area contributed by atoms with Gasteiger partial charge in [-0.2, -0.15) is 0 Å². The average Bonchev–Trinajstić information content (AvgIpc) is 1.66. The molecule has 0 aromatic rings. The van der Waals surface area contributed by atoms with Crippen LogP contribution in [0, 0.1) is 0 Å². The van der Waals surface area contributed by atoms with Gasteiger partial charge in [-0.3, -0.25) is 0 Å². The standard InChI is InChI=1S/C5H10.CH4N2O/c1-3-5-4-2;2-1(3)4/h3,5H,4H2,1-2H3;(H4,2,3,4). The van der Waals surface area contributed by atoms with E-state index in [-0.39, 0.29) is 0 Å². The third-order valence-electron chi connectivity index (χ3n) is 0.471. The highest BCUT2D eigenvalue weighted by Crippen LogP contribution is 1.73. The van der Waals surface area contributed by atoms with Crippen LogP contribution in [0.15, 0.2) is 12.2 Å². The molecule has 0 aromatic heterocycles. The van der Waals surface area contributed by atoms with E-state index in [2.05, 4.69) is 30.5 Å². The highest BCUT2D eigenvalue weighted by molar-refractivity contribution is 5.69. The molecule has 3 nitrogen and oxygen atoms in total. The molecule has 0 spiro atoms. The van der Waals surface area contributed by atoms with Gasteiger partial charge in [-0.05, 0) is 13.3 Å². The SMILES string of the molecule is CC=CCC.NC(N)=O. The summed E-state index contributed by atoms with van der Waals surface area (Å²) in [6.07, 6.45) is 5.34. The molecule has 0 fully saturated rings. The number of urea groups is 1. The van der Waals surface area contributed by atoms with Gasteiger partial charge < -0.3 is 11.5 Å². The van der Waals surface area contributed by atoms with Crippen molar-refractivity contribution in [2.45, 2.75) is 20.3 Å². The van der Waals surface area contributed by atoms with Crippen molar-refractivity contribution in [2.75, 3.05) is 0 Å². The van der Waals surface area contributed by atoms with Gasteiger partial charge in [-0.25, -0.2) is 4.79 Å². The first-order chi connectivity index (χ1) is 4.15. The molecule has 2 amide bonds. The summed E-state index contributed by atoms with van der Waals surface area (Å²) in [5, 5.41) is 0. The largest absolute Gasteiger partial charge is 0.352 e. The quantitative estimate of drug-likeness (QED) is 0.511. The molecular formula is C6H14N2O. The fraction of sp³-hybridized carbons (Fsp3) is 0.500. The van der Waals surface area contributed by atoms with Crippen LogP contribution in [0.2, 0.25) is 0 Å². The lowest BCUT2D eigenvalue weighted by Crippen LogP contribution is -2.18. The van der Waals surface area contributed by atoms with E-state index in [4.69, 9.17) is 4.79 Å². The summed E-state index contributed by atoms with van der Waals surface area (Å²) in [6, 6.07) is -0.833. The van der Waals surface area contributed by atoms with Crippen molar-refractivity contribution in [3.8, 4) is 0 Å². The minimum Gasteiger partial charge on any atom is -0.352 e. The second-order valence-electron chi connectivity index (χ2n) is 1.38. The molecule has 0 rings (SSSR count). The van der Waals surface area contributed by atoms with Crippen molar-refractivity contribution < 1.29 is 4.79 Å². The van der Waals surface area contributed by atoms with Crippen LogP contribution >= 0.6 is 0 Å². The van der Waals surface area contributed by atoms with Crippen molar-refractivity contribution in [1.82, 2.24) is 0 Å². The number of rotatable bonds is 1. The van der Waals surface area contributed by atoms with Gasteiger partial charge in [0.15, 0.2) is 0 Å². The summed E-state index contributed by atoms with van der Waals surface area (Å²) >= 11 is 0. The van der Waals surface area contributed by atoms with E-state index >= 15 is 0 Å². The van der Waals surface area contributed by atoms with E-state index < -0.39 is 6.03 Å². The summed E-state index contributed by atoms with van der Waals surface area (Å²) in [4.78, 5) is 9.00. The maximum absolute atomic E-state index is 9.00. The molecule has 0 saturated heterocycles. The number of hydrogen-bond acceptors (Lipinski definition) is 1. The van der Waals surface area contributed by atoms with Crippen LogP contribution in [-0.4, -0.2) is 6.03 Å². The van der Waals surface area contributed by atoms with Crippen LogP contribution in [0.1, 0.15) is 20.3 Å². The van der Waals surface area contributed by atoms with Gasteiger partial charge in [-0.1, -0.05) is 19.1 Å². The summed E-state index contributed by atoms with van der Waals surface area (Å²) in [5.74, 6) is 0. The van der Waals surface area contributed by atoms with Crippen molar-refractivity contribution in [1.29, 1.82) is 0 Å². The second kappa shape index (κ2) is 10.1. The summed E-state index contributed by atoms with van der Waals surface area (Å²) in [7, 11) is 0. The molecule has 0 aromatic carbocycles. The Bertz CT molecular complexity index is 85.1. The molecule has 0 aliphatic rings. The molecule has 3 heteroatoms. The molecule has 0 radical (unpaired) electrons. The van der Waals surface area contributed by atoms with Crippen molar-refractivity contribution in [3.05, 3.63) is 12.2 Å². The average molecular weight is 130 g/mol. The topological polar surface area (TPSA) is 69.1 Å². The highest BCUT2D eigenvalue weighted by atomic mass is 16.2. The number of primary amides is 2. The molecule has 9 heavy (non-hydrogen) atoms. The van der Waals surface area contributed by atoms with E-state index in [0.717, 1.165) is 6.42 Å². The van der Waals surface area contributed by atoms with Crippen LogP contribution in [0.3, 0.4) is 0 Å². The summed E-state index contributed by atoms with van der Waals surface area (Å²) in [5.41, 5.74) is 8.50. The third kappa shape index (κ3) is 172. The monoisotopic (exact) mass is 130 g/mol. The summed E-state index contributed by atoms with van der Waals surface area (Å²) in [6.45, 7) is 4.16. The van der Waals surface area contributed by atoms with E-state index in [1.165, 1.54) is 0 Å². The number of carbonyl (C=O) groups is 1. The lowest BCUT2D eigenvalue weighted by Gasteiger charge is -1.65. The van der Waals surface area contributed by atoms with Crippen molar-refractivity contribution in [3.63, 3.8) is 0 Å². The van der Waals surface area contributed by atoms with Crippen LogP contribution in [0.4, 0.5) is 4.79 Å². The van der Waals surface area contributed by atoms with Crippen LogP contribution < -0.4 is 11.5 Å². The molecule has 0 saturated carbocycles. The minimum absolute atomic E-state index is 0.833. The normalized spacial score (nSPS) is 8.22. The molecule has 0 aliphatic carbocycles. The van der Waals surface area contributed by atoms with E-state index in [1.807, 2.05) is 6.92 Å². The predicted octanol–water partition coefficient (Wildman–Crippen LogP) is 0.996. The number of hydrogen-bond donors (Lipinski definition) is 2. The molecule has 4 N–H and O–H groups in total. The molecule has 0 heterocycles. The molecule has 0 atom stereocenters.